The Morgan fingerprint density at radius 3 is 2.56 bits per heavy atom. The van der Waals surface area contributed by atoms with Gasteiger partial charge in [-0.25, -0.2) is 4.68 Å². The van der Waals surface area contributed by atoms with Crippen molar-refractivity contribution < 1.29 is 9.53 Å². The fraction of sp³-hybridized carbons (Fsp3) is 0.238. The van der Waals surface area contributed by atoms with Crippen LogP contribution in [-0.4, -0.2) is 22.8 Å². The van der Waals surface area contributed by atoms with E-state index in [-0.39, 0.29) is 11.9 Å². The van der Waals surface area contributed by atoms with E-state index in [2.05, 4.69) is 10.4 Å². The molecule has 1 heterocycles. The average molecular weight is 384 g/mol. The van der Waals surface area contributed by atoms with Gasteiger partial charge in [-0.05, 0) is 39.0 Å². The van der Waals surface area contributed by atoms with Crippen LogP contribution in [0.15, 0.2) is 48.5 Å². The zero-order valence-corrected chi connectivity index (χ0v) is 16.5. The summed E-state index contributed by atoms with van der Waals surface area (Å²) in [7, 11) is 1.62. The van der Waals surface area contributed by atoms with E-state index >= 15 is 0 Å². The molecule has 0 unspecified atom stereocenters. The zero-order valence-electron chi connectivity index (χ0n) is 15.8. The number of nitrogens with one attached hydrogen (secondary N) is 1. The Kier molecular flexibility index (Phi) is 5.51. The Morgan fingerprint density at radius 2 is 1.89 bits per heavy atom. The first-order chi connectivity index (χ1) is 12.9. The molecule has 1 aromatic heterocycles. The molecular weight excluding hydrogens is 362 g/mol. The second-order valence-electron chi connectivity index (χ2n) is 6.44. The van der Waals surface area contributed by atoms with Crippen LogP contribution in [0, 0.1) is 13.8 Å². The quantitative estimate of drug-likeness (QED) is 0.698. The number of ether oxygens (including phenoxy) is 1. The van der Waals surface area contributed by atoms with Gasteiger partial charge < -0.3 is 10.1 Å². The number of aryl methyl sites for hydroxylation is 2. The highest BCUT2D eigenvalue weighted by atomic mass is 35.5. The van der Waals surface area contributed by atoms with Crippen molar-refractivity contribution in [1.29, 1.82) is 0 Å². The molecule has 1 amide bonds. The monoisotopic (exact) mass is 383 g/mol. The molecule has 0 aliphatic carbocycles. The highest BCUT2D eigenvalue weighted by molar-refractivity contribution is 6.33. The summed E-state index contributed by atoms with van der Waals surface area (Å²) in [5, 5.41) is 7.72. The molecule has 3 aromatic rings. The van der Waals surface area contributed by atoms with Gasteiger partial charge in [0.15, 0.2) is 0 Å². The Hall–Kier alpha value is -2.79. The van der Waals surface area contributed by atoms with Crippen molar-refractivity contribution in [1.82, 2.24) is 15.1 Å². The van der Waals surface area contributed by atoms with E-state index in [0.29, 0.717) is 16.4 Å². The van der Waals surface area contributed by atoms with Crippen molar-refractivity contribution in [2.24, 2.45) is 0 Å². The fourth-order valence-corrected chi connectivity index (χ4v) is 3.39. The van der Waals surface area contributed by atoms with Gasteiger partial charge in [0, 0.05) is 5.56 Å². The SMILES string of the molecule is COc1ccc(C)cc1[C@@H](C)NC(=O)c1c(C)nn(-c2ccccc2)c1Cl. The standard InChI is InChI=1S/C21H22ClN3O2/c1-13-10-11-18(27-4)17(12-13)14(2)23-21(26)19-15(3)24-25(20(19)22)16-8-6-5-7-9-16/h5-12,14H,1-4H3,(H,23,26)/t14-/m1/s1. The van der Waals surface area contributed by atoms with Crippen molar-refractivity contribution in [3.8, 4) is 11.4 Å². The van der Waals surface area contributed by atoms with Crippen LogP contribution in [0.3, 0.4) is 0 Å². The lowest BCUT2D eigenvalue weighted by atomic mass is 10.0. The van der Waals surface area contributed by atoms with Crippen LogP contribution in [0.4, 0.5) is 0 Å². The molecule has 0 bridgehead atoms. The van der Waals surface area contributed by atoms with Crippen LogP contribution in [0.5, 0.6) is 5.75 Å². The maximum atomic E-state index is 12.9. The van der Waals surface area contributed by atoms with Gasteiger partial charge in [0.2, 0.25) is 0 Å². The van der Waals surface area contributed by atoms with Gasteiger partial charge in [-0.2, -0.15) is 5.10 Å². The predicted octanol–water partition coefficient (Wildman–Crippen LogP) is 4.64. The number of carbonyl (C=O) groups excluding carboxylic acids is 1. The molecule has 1 N–H and O–H groups in total. The van der Waals surface area contributed by atoms with Gasteiger partial charge in [-0.15, -0.1) is 0 Å². The van der Waals surface area contributed by atoms with Gasteiger partial charge in [0.1, 0.15) is 10.9 Å². The third kappa shape index (κ3) is 3.83. The number of para-hydroxylation sites is 1. The largest absolute Gasteiger partial charge is 0.496 e. The van der Waals surface area contributed by atoms with Crippen molar-refractivity contribution in [2.75, 3.05) is 7.11 Å². The van der Waals surface area contributed by atoms with Crippen molar-refractivity contribution in [2.45, 2.75) is 26.8 Å². The molecule has 0 spiro atoms. The molecular formula is C21H22ClN3O2. The zero-order chi connectivity index (χ0) is 19.6. The Morgan fingerprint density at radius 1 is 1.19 bits per heavy atom. The number of carbonyl (C=O) groups is 1. The van der Waals surface area contributed by atoms with E-state index in [1.165, 1.54) is 0 Å². The van der Waals surface area contributed by atoms with Gasteiger partial charge in [-0.3, -0.25) is 4.79 Å². The van der Waals surface area contributed by atoms with E-state index in [1.54, 1.807) is 18.7 Å². The van der Waals surface area contributed by atoms with Gasteiger partial charge in [0.25, 0.3) is 5.91 Å². The van der Waals surface area contributed by atoms with Crippen molar-refractivity contribution >= 4 is 17.5 Å². The molecule has 2 aromatic carbocycles. The fourth-order valence-electron chi connectivity index (χ4n) is 3.04. The number of nitrogens with zero attached hydrogens (tertiary/aromatic N) is 2. The number of aromatic nitrogens is 2. The smallest absolute Gasteiger partial charge is 0.256 e. The molecule has 0 aliphatic heterocycles. The molecule has 140 valence electrons. The Labute approximate surface area is 163 Å². The molecule has 0 saturated carbocycles. The summed E-state index contributed by atoms with van der Waals surface area (Å²) >= 11 is 6.49. The highest BCUT2D eigenvalue weighted by Crippen LogP contribution is 2.28. The number of hydrogen-bond donors (Lipinski definition) is 1. The van der Waals surface area contributed by atoms with Crippen LogP contribution >= 0.6 is 11.6 Å². The number of amides is 1. The molecule has 27 heavy (non-hydrogen) atoms. The van der Waals surface area contributed by atoms with Gasteiger partial charge in [0.05, 0.1) is 30.1 Å². The molecule has 1 atom stereocenters. The lowest BCUT2D eigenvalue weighted by Crippen LogP contribution is -2.27. The summed E-state index contributed by atoms with van der Waals surface area (Å²) in [6, 6.07) is 15.1. The number of rotatable bonds is 5. The summed E-state index contributed by atoms with van der Waals surface area (Å²) in [6.45, 7) is 5.70. The first-order valence-electron chi connectivity index (χ1n) is 8.68. The van der Waals surface area contributed by atoms with Gasteiger partial charge >= 0.3 is 0 Å². The highest BCUT2D eigenvalue weighted by Gasteiger charge is 2.23. The number of hydrogen-bond acceptors (Lipinski definition) is 3. The molecule has 6 heteroatoms. The Bertz CT molecular complexity index is 967. The molecule has 5 nitrogen and oxygen atoms in total. The summed E-state index contributed by atoms with van der Waals surface area (Å²) < 4.78 is 7.00. The molecule has 0 aliphatic rings. The predicted molar refractivity (Wildman–Crippen MR) is 107 cm³/mol. The van der Waals surface area contributed by atoms with E-state index < -0.39 is 0 Å². The first-order valence-corrected chi connectivity index (χ1v) is 9.06. The lowest BCUT2D eigenvalue weighted by Gasteiger charge is -2.18. The van der Waals surface area contributed by atoms with Gasteiger partial charge in [-0.1, -0.05) is 47.5 Å². The van der Waals surface area contributed by atoms with Crippen molar-refractivity contribution in [3.63, 3.8) is 0 Å². The summed E-state index contributed by atoms with van der Waals surface area (Å²) in [6.07, 6.45) is 0. The van der Waals surface area contributed by atoms with Crippen molar-refractivity contribution in [3.05, 3.63) is 76.1 Å². The average Bonchev–Trinajstić information content (AvgIpc) is 2.96. The summed E-state index contributed by atoms with van der Waals surface area (Å²) in [5.41, 5.74) is 3.76. The molecule has 0 radical (unpaired) electrons. The molecule has 0 saturated heterocycles. The molecule has 0 fully saturated rings. The lowest BCUT2D eigenvalue weighted by molar-refractivity contribution is 0.0939. The van der Waals surface area contributed by atoms with E-state index in [4.69, 9.17) is 16.3 Å². The van der Waals surface area contributed by atoms with E-state index in [9.17, 15) is 4.79 Å². The van der Waals surface area contributed by atoms with Crippen LogP contribution in [0.1, 0.15) is 40.1 Å². The second-order valence-corrected chi connectivity index (χ2v) is 6.80. The number of halogens is 1. The van der Waals surface area contributed by atoms with E-state index in [1.807, 2.05) is 62.4 Å². The van der Waals surface area contributed by atoms with Crippen LogP contribution in [0.2, 0.25) is 5.15 Å². The minimum Gasteiger partial charge on any atom is -0.496 e. The topological polar surface area (TPSA) is 56.1 Å². The minimum atomic E-state index is -0.268. The third-order valence-electron chi connectivity index (χ3n) is 4.43. The normalized spacial score (nSPS) is 11.9. The van der Waals surface area contributed by atoms with E-state index in [0.717, 1.165) is 22.6 Å². The second kappa shape index (κ2) is 7.84. The Balaban J connectivity index is 1.89. The maximum Gasteiger partial charge on any atom is 0.256 e. The maximum absolute atomic E-state index is 12.9. The van der Waals surface area contributed by atoms with Crippen LogP contribution in [0.25, 0.3) is 5.69 Å². The summed E-state index contributed by atoms with van der Waals surface area (Å²) in [4.78, 5) is 12.9. The third-order valence-corrected chi connectivity index (χ3v) is 4.78. The van der Waals surface area contributed by atoms with Crippen LogP contribution in [-0.2, 0) is 0 Å². The summed E-state index contributed by atoms with van der Waals surface area (Å²) in [5.74, 6) is 0.465. The number of methoxy groups -OCH3 is 1. The molecule has 3 rings (SSSR count). The first kappa shape index (κ1) is 19.0. The van der Waals surface area contributed by atoms with Crippen LogP contribution < -0.4 is 10.1 Å². The number of benzene rings is 2. The minimum absolute atomic E-state index is 0.247.